The van der Waals surface area contributed by atoms with E-state index >= 15 is 0 Å². The number of amides is 1. The summed E-state index contributed by atoms with van der Waals surface area (Å²) in [6.45, 7) is 0. The molecule has 1 aromatic carbocycles. The summed E-state index contributed by atoms with van der Waals surface area (Å²) in [5, 5.41) is 11.7. The number of aliphatic carboxylic acids is 1. The van der Waals surface area contributed by atoms with Crippen molar-refractivity contribution < 1.29 is 14.7 Å². The highest BCUT2D eigenvalue weighted by Crippen LogP contribution is 2.31. The van der Waals surface area contributed by atoms with Gasteiger partial charge in [-0.05, 0) is 55.4 Å². The molecule has 0 fully saturated rings. The Morgan fingerprint density at radius 1 is 1.17 bits per heavy atom. The number of hydrogen-bond donors (Lipinski definition) is 2. The van der Waals surface area contributed by atoms with Crippen LogP contribution in [0.15, 0.2) is 22.7 Å². The van der Waals surface area contributed by atoms with Gasteiger partial charge in [-0.3, -0.25) is 9.59 Å². The molecule has 1 aliphatic rings. The third-order valence-electron chi connectivity index (χ3n) is 4.30. The molecule has 2 N–H and O–H groups in total. The quantitative estimate of drug-likeness (QED) is 0.657. The highest BCUT2D eigenvalue weighted by molar-refractivity contribution is 9.10. The summed E-state index contributed by atoms with van der Waals surface area (Å²) in [6.07, 6.45) is 7.23. The van der Waals surface area contributed by atoms with E-state index in [0.717, 1.165) is 43.0 Å². The third-order valence-corrected chi connectivity index (χ3v) is 4.79. The summed E-state index contributed by atoms with van der Waals surface area (Å²) in [5.41, 5.74) is 2.57. The van der Waals surface area contributed by atoms with Gasteiger partial charge in [0.05, 0.1) is 6.04 Å². The summed E-state index contributed by atoms with van der Waals surface area (Å²) in [6, 6.07) is 6.42. The lowest BCUT2D eigenvalue weighted by Crippen LogP contribution is -2.30. The molecule has 1 amide bonds. The first kappa shape index (κ1) is 18.0. The Balaban J connectivity index is 1.73. The predicted octanol–water partition coefficient (Wildman–Crippen LogP) is 4.37. The molecule has 0 aliphatic heterocycles. The number of carbonyl (C=O) groups excluding carboxylic acids is 1. The van der Waals surface area contributed by atoms with Gasteiger partial charge in [-0.15, -0.1) is 0 Å². The van der Waals surface area contributed by atoms with Gasteiger partial charge in [-0.2, -0.15) is 0 Å². The Morgan fingerprint density at radius 2 is 1.91 bits per heavy atom. The third kappa shape index (κ3) is 5.98. The monoisotopic (exact) mass is 381 g/mol. The lowest BCUT2D eigenvalue weighted by Gasteiger charge is -2.26. The molecule has 0 saturated heterocycles. The van der Waals surface area contributed by atoms with Gasteiger partial charge in [-0.25, -0.2) is 0 Å². The zero-order valence-corrected chi connectivity index (χ0v) is 14.9. The van der Waals surface area contributed by atoms with E-state index in [1.54, 1.807) is 0 Å². The molecule has 1 aliphatic carbocycles. The molecule has 1 unspecified atom stereocenters. The Bertz CT molecular complexity index is 559. The number of benzene rings is 1. The Morgan fingerprint density at radius 3 is 2.65 bits per heavy atom. The van der Waals surface area contributed by atoms with Crippen molar-refractivity contribution in [2.45, 2.75) is 63.8 Å². The standard InChI is InChI=1S/C18H24BrNO3/c19-14-10-11-15-13(12-14)6-5-7-16(15)20-17(21)8-3-1-2-4-9-18(22)23/h10-12,16H,1-9H2,(H,20,21)(H,22,23). The van der Waals surface area contributed by atoms with E-state index < -0.39 is 5.97 Å². The molecular formula is C18H24BrNO3. The summed E-state index contributed by atoms with van der Waals surface area (Å²) < 4.78 is 1.09. The van der Waals surface area contributed by atoms with Crippen LogP contribution >= 0.6 is 15.9 Å². The number of hydrogen-bond acceptors (Lipinski definition) is 2. The van der Waals surface area contributed by atoms with Gasteiger partial charge in [0.25, 0.3) is 0 Å². The lowest BCUT2D eigenvalue weighted by atomic mass is 9.87. The van der Waals surface area contributed by atoms with Crippen LogP contribution in [0.5, 0.6) is 0 Å². The Hall–Kier alpha value is -1.36. The van der Waals surface area contributed by atoms with E-state index in [4.69, 9.17) is 5.11 Å². The van der Waals surface area contributed by atoms with Crippen molar-refractivity contribution in [3.05, 3.63) is 33.8 Å². The van der Waals surface area contributed by atoms with E-state index in [2.05, 4.69) is 33.4 Å². The molecule has 1 atom stereocenters. The predicted molar refractivity (Wildman–Crippen MR) is 93.3 cm³/mol. The molecule has 1 aromatic rings. The number of unbranched alkanes of at least 4 members (excludes halogenated alkanes) is 3. The number of halogens is 1. The molecule has 0 radical (unpaired) electrons. The fourth-order valence-electron chi connectivity index (χ4n) is 3.11. The van der Waals surface area contributed by atoms with Crippen LogP contribution in [0.2, 0.25) is 0 Å². The average molecular weight is 382 g/mol. The second kappa shape index (κ2) is 9.06. The summed E-state index contributed by atoms with van der Waals surface area (Å²) >= 11 is 3.50. The van der Waals surface area contributed by atoms with Crippen LogP contribution in [0, 0.1) is 0 Å². The first-order valence-electron chi connectivity index (χ1n) is 8.36. The molecule has 4 nitrogen and oxygen atoms in total. The normalized spacial score (nSPS) is 16.7. The summed E-state index contributed by atoms with van der Waals surface area (Å²) in [5.74, 6) is -0.644. The van der Waals surface area contributed by atoms with Crippen LogP contribution in [0.4, 0.5) is 0 Å². The highest BCUT2D eigenvalue weighted by atomic mass is 79.9. The van der Waals surface area contributed by atoms with Gasteiger partial charge >= 0.3 is 5.97 Å². The van der Waals surface area contributed by atoms with E-state index in [9.17, 15) is 9.59 Å². The minimum atomic E-state index is -0.745. The molecule has 23 heavy (non-hydrogen) atoms. The molecule has 0 spiro atoms. The average Bonchev–Trinajstić information content (AvgIpc) is 2.50. The van der Waals surface area contributed by atoms with Crippen LogP contribution in [0.25, 0.3) is 0 Å². The molecule has 0 aromatic heterocycles. The molecule has 0 bridgehead atoms. The smallest absolute Gasteiger partial charge is 0.303 e. The van der Waals surface area contributed by atoms with Crippen LogP contribution in [-0.2, 0) is 16.0 Å². The lowest BCUT2D eigenvalue weighted by molar-refractivity contribution is -0.137. The molecule has 126 valence electrons. The molecule has 0 heterocycles. The fourth-order valence-corrected chi connectivity index (χ4v) is 3.52. The number of carboxylic acid groups (broad SMARTS) is 1. The number of carboxylic acids is 1. The Kier molecular flexibility index (Phi) is 7.09. The van der Waals surface area contributed by atoms with Crippen molar-refractivity contribution in [2.75, 3.05) is 0 Å². The number of carbonyl (C=O) groups is 2. The van der Waals surface area contributed by atoms with Crippen LogP contribution in [0.1, 0.15) is 68.5 Å². The highest BCUT2D eigenvalue weighted by Gasteiger charge is 2.21. The fraction of sp³-hybridized carbons (Fsp3) is 0.556. The zero-order valence-electron chi connectivity index (χ0n) is 13.3. The van der Waals surface area contributed by atoms with Crippen molar-refractivity contribution in [3.63, 3.8) is 0 Å². The van der Waals surface area contributed by atoms with Crippen molar-refractivity contribution in [1.29, 1.82) is 0 Å². The maximum absolute atomic E-state index is 12.1. The van der Waals surface area contributed by atoms with Crippen LogP contribution < -0.4 is 5.32 Å². The van der Waals surface area contributed by atoms with Gasteiger partial charge < -0.3 is 10.4 Å². The molecule has 2 rings (SSSR count). The largest absolute Gasteiger partial charge is 0.481 e. The van der Waals surface area contributed by atoms with E-state index in [-0.39, 0.29) is 18.4 Å². The molecule has 5 heteroatoms. The van der Waals surface area contributed by atoms with Gasteiger partial charge in [-0.1, -0.05) is 34.8 Å². The van der Waals surface area contributed by atoms with Crippen molar-refractivity contribution in [3.8, 4) is 0 Å². The summed E-state index contributed by atoms with van der Waals surface area (Å²) in [4.78, 5) is 22.5. The van der Waals surface area contributed by atoms with Crippen molar-refractivity contribution in [2.24, 2.45) is 0 Å². The first-order valence-corrected chi connectivity index (χ1v) is 9.15. The SMILES string of the molecule is O=C(O)CCCCCCC(=O)NC1CCCc2cc(Br)ccc21. The maximum Gasteiger partial charge on any atom is 0.303 e. The first-order chi connectivity index (χ1) is 11.1. The van der Waals surface area contributed by atoms with Crippen LogP contribution in [-0.4, -0.2) is 17.0 Å². The minimum absolute atomic E-state index is 0.101. The van der Waals surface area contributed by atoms with Gasteiger partial charge in [0.1, 0.15) is 0 Å². The number of aryl methyl sites for hydroxylation is 1. The minimum Gasteiger partial charge on any atom is -0.481 e. The summed E-state index contributed by atoms with van der Waals surface area (Å²) in [7, 11) is 0. The number of rotatable bonds is 8. The van der Waals surface area contributed by atoms with Crippen LogP contribution in [0.3, 0.4) is 0 Å². The maximum atomic E-state index is 12.1. The molecular weight excluding hydrogens is 358 g/mol. The van der Waals surface area contributed by atoms with Crippen molar-refractivity contribution >= 4 is 27.8 Å². The van der Waals surface area contributed by atoms with Gasteiger partial charge in [0, 0.05) is 17.3 Å². The van der Waals surface area contributed by atoms with E-state index in [1.807, 2.05) is 6.07 Å². The Labute approximate surface area is 145 Å². The van der Waals surface area contributed by atoms with Gasteiger partial charge in [0.2, 0.25) is 5.91 Å². The van der Waals surface area contributed by atoms with E-state index in [1.165, 1.54) is 11.1 Å². The zero-order chi connectivity index (χ0) is 16.7. The van der Waals surface area contributed by atoms with Crippen molar-refractivity contribution in [1.82, 2.24) is 5.32 Å². The second-order valence-electron chi connectivity index (χ2n) is 6.16. The molecule has 0 saturated carbocycles. The topological polar surface area (TPSA) is 66.4 Å². The number of nitrogens with one attached hydrogen (secondary N) is 1. The number of fused-ring (bicyclic) bond motifs is 1. The van der Waals surface area contributed by atoms with E-state index in [0.29, 0.717) is 12.8 Å². The second-order valence-corrected chi connectivity index (χ2v) is 7.08. The van der Waals surface area contributed by atoms with Gasteiger partial charge in [0.15, 0.2) is 0 Å².